The van der Waals surface area contributed by atoms with Crippen LogP contribution in [0.15, 0.2) is 72.4 Å². The second-order valence-electron chi connectivity index (χ2n) is 9.74. The van der Waals surface area contributed by atoms with Gasteiger partial charge < -0.3 is 9.97 Å². The highest BCUT2D eigenvalue weighted by molar-refractivity contribution is 6.07. The van der Waals surface area contributed by atoms with E-state index in [1.807, 2.05) is 6.20 Å². The Morgan fingerprint density at radius 2 is 1.73 bits per heavy atom. The molecule has 7 rings (SSSR count). The van der Waals surface area contributed by atoms with E-state index in [0.717, 1.165) is 25.9 Å². The number of nitrogens with zero attached hydrogens (tertiary/aromatic N) is 2. The number of benzene rings is 2. The van der Waals surface area contributed by atoms with Crippen LogP contribution in [0.3, 0.4) is 0 Å². The predicted molar refractivity (Wildman–Crippen MR) is 135 cm³/mol. The standard InChI is InChI=1S/C29H28N4/c1-2-18-16-33-17-24-22-8-4-5-9-25(22)31-27(24)15-20(33)13-19(18)14-28-29-23(11-12-30-28)21-7-3-6-10-26(21)32-29/h2-12,19-20,31-32H,13-17H2,1H3/b18-2-/t19-,20+/m1/s1. The third-order valence-corrected chi connectivity index (χ3v) is 8.00. The van der Waals surface area contributed by atoms with Crippen LogP contribution in [0.5, 0.6) is 0 Å². The van der Waals surface area contributed by atoms with Crippen LogP contribution in [0.4, 0.5) is 0 Å². The minimum atomic E-state index is 0.534. The van der Waals surface area contributed by atoms with Crippen molar-refractivity contribution in [3.8, 4) is 0 Å². The Kier molecular flexibility index (Phi) is 4.25. The first-order valence-electron chi connectivity index (χ1n) is 12.1. The number of para-hydroxylation sites is 2. The number of fused-ring (bicyclic) bond motifs is 7. The second kappa shape index (κ2) is 7.32. The maximum atomic E-state index is 4.86. The summed E-state index contributed by atoms with van der Waals surface area (Å²) in [6.07, 6.45) is 7.64. The summed E-state index contributed by atoms with van der Waals surface area (Å²) in [5, 5.41) is 3.97. The molecular formula is C29H28N4. The summed E-state index contributed by atoms with van der Waals surface area (Å²) < 4.78 is 0. The van der Waals surface area contributed by atoms with Gasteiger partial charge in [0.15, 0.2) is 0 Å². The molecule has 2 aliphatic heterocycles. The molecule has 2 aliphatic rings. The monoisotopic (exact) mass is 432 g/mol. The largest absolute Gasteiger partial charge is 0.358 e. The molecule has 4 nitrogen and oxygen atoms in total. The van der Waals surface area contributed by atoms with E-state index in [4.69, 9.17) is 4.98 Å². The molecule has 33 heavy (non-hydrogen) atoms. The molecule has 5 aromatic rings. The van der Waals surface area contributed by atoms with E-state index in [-0.39, 0.29) is 0 Å². The summed E-state index contributed by atoms with van der Waals surface area (Å²) in [7, 11) is 0. The van der Waals surface area contributed by atoms with Gasteiger partial charge in [-0.15, -0.1) is 0 Å². The molecule has 1 fully saturated rings. The Hall–Kier alpha value is -3.37. The van der Waals surface area contributed by atoms with Gasteiger partial charge in [-0.3, -0.25) is 9.88 Å². The van der Waals surface area contributed by atoms with Crippen molar-refractivity contribution in [1.29, 1.82) is 0 Å². The minimum absolute atomic E-state index is 0.534. The van der Waals surface area contributed by atoms with E-state index < -0.39 is 0 Å². The highest BCUT2D eigenvalue weighted by Gasteiger charge is 2.36. The number of allylic oxidation sites excluding steroid dienone is 1. The van der Waals surface area contributed by atoms with Gasteiger partial charge in [0.25, 0.3) is 0 Å². The van der Waals surface area contributed by atoms with Gasteiger partial charge in [-0.2, -0.15) is 0 Å². The Balaban J connectivity index is 1.22. The van der Waals surface area contributed by atoms with Crippen molar-refractivity contribution in [3.63, 3.8) is 0 Å². The van der Waals surface area contributed by atoms with Crippen molar-refractivity contribution in [2.45, 2.75) is 38.8 Å². The van der Waals surface area contributed by atoms with E-state index in [0.29, 0.717) is 12.0 Å². The first-order chi connectivity index (χ1) is 16.3. The van der Waals surface area contributed by atoms with Crippen molar-refractivity contribution >= 4 is 32.7 Å². The number of hydrogen-bond acceptors (Lipinski definition) is 2. The molecule has 2 aromatic carbocycles. The molecule has 3 aromatic heterocycles. The van der Waals surface area contributed by atoms with Crippen LogP contribution >= 0.6 is 0 Å². The van der Waals surface area contributed by atoms with Gasteiger partial charge in [-0.1, -0.05) is 48.0 Å². The zero-order valence-corrected chi connectivity index (χ0v) is 18.9. The number of rotatable bonds is 2. The van der Waals surface area contributed by atoms with E-state index in [9.17, 15) is 0 Å². The van der Waals surface area contributed by atoms with Crippen LogP contribution in [0.2, 0.25) is 0 Å². The summed E-state index contributed by atoms with van der Waals surface area (Å²) in [4.78, 5) is 14.9. The minimum Gasteiger partial charge on any atom is -0.358 e. The average Bonchev–Trinajstić information content (AvgIpc) is 3.41. The molecule has 164 valence electrons. The van der Waals surface area contributed by atoms with Crippen molar-refractivity contribution in [2.24, 2.45) is 5.92 Å². The molecule has 0 amide bonds. The quantitative estimate of drug-likeness (QED) is 0.330. The van der Waals surface area contributed by atoms with Crippen molar-refractivity contribution in [1.82, 2.24) is 19.9 Å². The molecule has 0 aliphatic carbocycles. The number of nitrogens with one attached hydrogen (secondary N) is 2. The molecule has 0 radical (unpaired) electrons. The molecule has 0 unspecified atom stereocenters. The first kappa shape index (κ1) is 19.1. The summed E-state index contributed by atoms with van der Waals surface area (Å²) in [6.45, 7) is 4.32. The lowest BCUT2D eigenvalue weighted by Gasteiger charge is -2.44. The first-order valence-corrected chi connectivity index (χ1v) is 12.1. The van der Waals surface area contributed by atoms with E-state index in [1.165, 1.54) is 56.1 Å². The maximum absolute atomic E-state index is 4.86. The van der Waals surface area contributed by atoms with Gasteiger partial charge in [0.1, 0.15) is 0 Å². The van der Waals surface area contributed by atoms with Crippen molar-refractivity contribution in [2.75, 3.05) is 6.54 Å². The number of piperidine rings is 1. The van der Waals surface area contributed by atoms with Crippen LogP contribution in [0, 0.1) is 5.92 Å². The van der Waals surface area contributed by atoms with Crippen LogP contribution in [-0.2, 0) is 19.4 Å². The fourth-order valence-corrected chi connectivity index (χ4v) is 6.33. The number of H-pyrrole nitrogens is 2. The smallest absolute Gasteiger partial charge is 0.0684 e. The van der Waals surface area contributed by atoms with Gasteiger partial charge in [0.05, 0.1) is 11.2 Å². The second-order valence-corrected chi connectivity index (χ2v) is 9.74. The van der Waals surface area contributed by atoms with Crippen molar-refractivity contribution in [3.05, 3.63) is 89.4 Å². The fourth-order valence-electron chi connectivity index (χ4n) is 6.33. The molecule has 0 bridgehead atoms. The molecular weight excluding hydrogens is 404 g/mol. The van der Waals surface area contributed by atoms with Gasteiger partial charge in [-0.25, -0.2) is 0 Å². The normalized spacial score (nSPS) is 22.3. The SMILES string of the molecule is C/C=C1/CN2Cc3c([nH]c4ccccc34)C[C@@H]2C[C@@H]1Cc1nccc2c1[nH]c1ccccc12. The third-order valence-electron chi connectivity index (χ3n) is 8.00. The van der Waals surface area contributed by atoms with E-state index >= 15 is 0 Å². The van der Waals surface area contributed by atoms with Gasteiger partial charge in [0.2, 0.25) is 0 Å². The fraction of sp³-hybridized carbons (Fsp3) is 0.276. The highest BCUT2D eigenvalue weighted by Crippen LogP contribution is 2.39. The average molecular weight is 433 g/mol. The number of hydrogen-bond donors (Lipinski definition) is 2. The molecule has 0 saturated carbocycles. The van der Waals surface area contributed by atoms with Crippen LogP contribution in [0.1, 0.15) is 30.3 Å². The van der Waals surface area contributed by atoms with E-state index in [1.54, 1.807) is 5.57 Å². The van der Waals surface area contributed by atoms with Gasteiger partial charge in [-0.05, 0) is 49.4 Å². The topological polar surface area (TPSA) is 47.7 Å². The third kappa shape index (κ3) is 2.97. The maximum Gasteiger partial charge on any atom is 0.0684 e. The summed E-state index contributed by atoms with van der Waals surface area (Å²) in [5.41, 5.74) is 9.38. The lowest BCUT2D eigenvalue weighted by molar-refractivity contribution is 0.129. The molecule has 4 heteroatoms. The van der Waals surface area contributed by atoms with Gasteiger partial charge in [0, 0.05) is 64.6 Å². The Bertz CT molecular complexity index is 1540. The lowest BCUT2D eigenvalue weighted by atomic mass is 9.79. The molecule has 1 saturated heterocycles. The molecule has 0 spiro atoms. The van der Waals surface area contributed by atoms with E-state index in [2.05, 4.69) is 82.5 Å². The van der Waals surface area contributed by atoms with Crippen molar-refractivity contribution < 1.29 is 0 Å². The summed E-state index contributed by atoms with van der Waals surface area (Å²) >= 11 is 0. The number of aromatic amines is 2. The number of pyridine rings is 1. The Morgan fingerprint density at radius 1 is 0.939 bits per heavy atom. The molecule has 2 N–H and O–H groups in total. The zero-order valence-electron chi connectivity index (χ0n) is 18.9. The Labute approximate surface area is 193 Å². The lowest BCUT2D eigenvalue weighted by Crippen LogP contribution is -2.47. The molecule has 2 atom stereocenters. The zero-order chi connectivity index (χ0) is 21.9. The Morgan fingerprint density at radius 3 is 2.58 bits per heavy atom. The number of aromatic nitrogens is 3. The van der Waals surface area contributed by atoms with Crippen LogP contribution in [-0.4, -0.2) is 32.4 Å². The highest BCUT2D eigenvalue weighted by atomic mass is 15.2. The van der Waals surface area contributed by atoms with Gasteiger partial charge >= 0.3 is 0 Å². The predicted octanol–water partition coefficient (Wildman–Crippen LogP) is 6.13. The molecule has 5 heterocycles. The van der Waals surface area contributed by atoms with Crippen LogP contribution in [0.25, 0.3) is 32.7 Å². The summed E-state index contributed by atoms with van der Waals surface area (Å²) in [6, 6.07) is 20.1. The summed E-state index contributed by atoms with van der Waals surface area (Å²) in [5.74, 6) is 0.534. The van der Waals surface area contributed by atoms with Crippen LogP contribution < -0.4 is 0 Å².